The Morgan fingerprint density at radius 2 is 1.77 bits per heavy atom. The van der Waals surface area contributed by atoms with E-state index in [2.05, 4.69) is 21.7 Å². The highest BCUT2D eigenvalue weighted by atomic mass is 16.5. The van der Waals surface area contributed by atoms with E-state index in [1.54, 1.807) is 0 Å². The van der Waals surface area contributed by atoms with Gasteiger partial charge in [0.2, 0.25) is 5.91 Å². The van der Waals surface area contributed by atoms with Crippen molar-refractivity contribution in [2.24, 2.45) is 0 Å². The lowest BCUT2D eigenvalue weighted by molar-refractivity contribution is -0.148. The first kappa shape index (κ1) is 19.6. The van der Waals surface area contributed by atoms with Gasteiger partial charge in [-0.05, 0) is 45.8 Å². The fourth-order valence-electron chi connectivity index (χ4n) is 4.24. The summed E-state index contributed by atoms with van der Waals surface area (Å²) in [7, 11) is 2.20. The number of nitrogens with zero attached hydrogens (tertiary/aromatic N) is 4. The first-order chi connectivity index (χ1) is 12.6. The SMILES string of the molecule is CN1CCC(N2CCN(CC(=O)OCCN3CCCCC3=O)CC2)CC1. The number of hydrogen-bond donors (Lipinski definition) is 0. The number of piperazine rings is 1. The van der Waals surface area contributed by atoms with Gasteiger partial charge < -0.3 is 14.5 Å². The van der Waals surface area contributed by atoms with Gasteiger partial charge in [0.15, 0.2) is 0 Å². The highest BCUT2D eigenvalue weighted by Crippen LogP contribution is 2.17. The monoisotopic (exact) mass is 366 g/mol. The average molecular weight is 367 g/mol. The minimum Gasteiger partial charge on any atom is -0.463 e. The Morgan fingerprint density at radius 3 is 2.46 bits per heavy atom. The zero-order valence-corrected chi connectivity index (χ0v) is 16.2. The van der Waals surface area contributed by atoms with E-state index in [1.165, 1.54) is 25.9 Å². The largest absolute Gasteiger partial charge is 0.463 e. The van der Waals surface area contributed by atoms with Crippen LogP contribution in [0.2, 0.25) is 0 Å². The summed E-state index contributed by atoms with van der Waals surface area (Å²) in [6, 6.07) is 0.711. The second-order valence-corrected chi connectivity index (χ2v) is 7.90. The van der Waals surface area contributed by atoms with Crippen molar-refractivity contribution in [1.29, 1.82) is 0 Å². The van der Waals surface area contributed by atoms with Crippen LogP contribution < -0.4 is 0 Å². The van der Waals surface area contributed by atoms with Gasteiger partial charge in [0, 0.05) is 45.2 Å². The van der Waals surface area contributed by atoms with Gasteiger partial charge in [0.1, 0.15) is 6.61 Å². The maximum Gasteiger partial charge on any atom is 0.320 e. The normalized spacial score (nSPS) is 24.8. The first-order valence-corrected chi connectivity index (χ1v) is 10.2. The second kappa shape index (κ2) is 9.67. The number of rotatable bonds is 6. The highest BCUT2D eigenvalue weighted by molar-refractivity contribution is 5.76. The molecule has 148 valence electrons. The Balaban J connectivity index is 1.29. The molecular weight excluding hydrogens is 332 g/mol. The molecule has 3 rings (SSSR count). The molecular formula is C19H34N4O3. The van der Waals surface area contributed by atoms with Crippen molar-refractivity contribution in [3.05, 3.63) is 0 Å². The summed E-state index contributed by atoms with van der Waals surface area (Å²) in [5, 5.41) is 0. The standard InChI is InChI=1S/C19H34N4O3/c1-20-8-5-17(6-9-20)22-12-10-21(11-13-22)16-19(25)26-15-14-23-7-3-2-4-18(23)24/h17H,2-16H2,1H3. The van der Waals surface area contributed by atoms with Crippen molar-refractivity contribution in [2.75, 3.05) is 72.6 Å². The third-order valence-electron chi connectivity index (χ3n) is 6.01. The van der Waals surface area contributed by atoms with Gasteiger partial charge in [-0.25, -0.2) is 0 Å². The lowest BCUT2D eigenvalue weighted by Crippen LogP contribution is -2.53. The van der Waals surface area contributed by atoms with E-state index in [4.69, 9.17) is 4.74 Å². The smallest absolute Gasteiger partial charge is 0.320 e. The van der Waals surface area contributed by atoms with E-state index in [0.29, 0.717) is 32.2 Å². The third-order valence-corrected chi connectivity index (χ3v) is 6.01. The van der Waals surface area contributed by atoms with E-state index in [1.807, 2.05) is 4.90 Å². The van der Waals surface area contributed by atoms with Crippen molar-refractivity contribution in [3.63, 3.8) is 0 Å². The van der Waals surface area contributed by atoms with Crippen molar-refractivity contribution in [3.8, 4) is 0 Å². The van der Waals surface area contributed by atoms with Gasteiger partial charge in [0.25, 0.3) is 0 Å². The highest BCUT2D eigenvalue weighted by Gasteiger charge is 2.27. The van der Waals surface area contributed by atoms with Crippen molar-refractivity contribution in [2.45, 2.75) is 38.1 Å². The fraction of sp³-hybridized carbons (Fsp3) is 0.895. The molecule has 0 aromatic heterocycles. The summed E-state index contributed by atoms with van der Waals surface area (Å²) < 4.78 is 5.36. The lowest BCUT2D eigenvalue weighted by Gasteiger charge is -2.42. The predicted molar refractivity (Wildman–Crippen MR) is 99.9 cm³/mol. The van der Waals surface area contributed by atoms with Gasteiger partial charge in [-0.1, -0.05) is 0 Å². The summed E-state index contributed by atoms with van der Waals surface area (Å²) >= 11 is 0. The van der Waals surface area contributed by atoms with Gasteiger partial charge >= 0.3 is 5.97 Å². The van der Waals surface area contributed by atoms with Gasteiger partial charge in [0.05, 0.1) is 13.1 Å². The molecule has 0 saturated carbocycles. The number of carbonyl (C=O) groups excluding carboxylic acids is 2. The second-order valence-electron chi connectivity index (χ2n) is 7.90. The van der Waals surface area contributed by atoms with Crippen LogP contribution in [0.1, 0.15) is 32.1 Å². The van der Waals surface area contributed by atoms with Crippen LogP contribution in [0.15, 0.2) is 0 Å². The minimum absolute atomic E-state index is 0.165. The van der Waals surface area contributed by atoms with Crippen LogP contribution in [-0.4, -0.2) is 110 Å². The van der Waals surface area contributed by atoms with Crippen LogP contribution in [0.5, 0.6) is 0 Å². The molecule has 3 aliphatic rings. The molecule has 0 bridgehead atoms. The molecule has 0 aromatic rings. The Labute approximate surface area is 157 Å². The molecule has 7 heteroatoms. The Kier molecular flexibility index (Phi) is 7.28. The molecule has 3 saturated heterocycles. The van der Waals surface area contributed by atoms with E-state index in [9.17, 15) is 9.59 Å². The van der Waals surface area contributed by atoms with E-state index < -0.39 is 0 Å². The zero-order valence-electron chi connectivity index (χ0n) is 16.2. The summed E-state index contributed by atoms with van der Waals surface area (Å²) in [4.78, 5) is 32.8. The molecule has 3 fully saturated rings. The predicted octanol–water partition coefficient (Wildman–Crippen LogP) is 0.254. The van der Waals surface area contributed by atoms with E-state index in [0.717, 1.165) is 45.6 Å². The average Bonchev–Trinajstić information content (AvgIpc) is 2.65. The van der Waals surface area contributed by atoms with Crippen LogP contribution in [-0.2, 0) is 14.3 Å². The summed E-state index contributed by atoms with van der Waals surface area (Å²) in [6.45, 7) is 8.37. The van der Waals surface area contributed by atoms with Crippen LogP contribution in [0.3, 0.4) is 0 Å². The zero-order chi connectivity index (χ0) is 18.4. The number of ether oxygens (including phenoxy) is 1. The number of amides is 1. The molecule has 3 heterocycles. The van der Waals surface area contributed by atoms with Crippen molar-refractivity contribution in [1.82, 2.24) is 19.6 Å². The van der Waals surface area contributed by atoms with Gasteiger partial charge in [-0.2, -0.15) is 0 Å². The maximum absolute atomic E-state index is 12.1. The fourth-order valence-corrected chi connectivity index (χ4v) is 4.24. The molecule has 3 aliphatic heterocycles. The summed E-state index contributed by atoms with van der Waals surface area (Å²) in [6.07, 6.45) is 5.19. The van der Waals surface area contributed by atoms with E-state index in [-0.39, 0.29) is 11.9 Å². The number of carbonyl (C=O) groups is 2. The molecule has 1 amide bonds. The molecule has 26 heavy (non-hydrogen) atoms. The molecule has 0 aliphatic carbocycles. The van der Waals surface area contributed by atoms with Gasteiger partial charge in [-0.15, -0.1) is 0 Å². The molecule has 0 unspecified atom stereocenters. The quantitative estimate of drug-likeness (QED) is 0.629. The number of hydrogen-bond acceptors (Lipinski definition) is 6. The lowest BCUT2D eigenvalue weighted by atomic mass is 10.0. The summed E-state index contributed by atoms with van der Waals surface area (Å²) in [5.41, 5.74) is 0. The number of esters is 1. The molecule has 0 spiro atoms. The maximum atomic E-state index is 12.1. The number of piperidine rings is 2. The Morgan fingerprint density at radius 1 is 1.04 bits per heavy atom. The molecule has 0 atom stereocenters. The molecule has 0 N–H and O–H groups in total. The minimum atomic E-state index is -0.165. The van der Waals surface area contributed by atoms with Crippen molar-refractivity contribution >= 4 is 11.9 Å². The summed E-state index contributed by atoms with van der Waals surface area (Å²) in [5.74, 6) is 0.0273. The van der Waals surface area contributed by atoms with Crippen LogP contribution in [0.25, 0.3) is 0 Å². The number of likely N-dealkylation sites (tertiary alicyclic amines) is 2. The van der Waals surface area contributed by atoms with Crippen LogP contribution in [0, 0.1) is 0 Å². The van der Waals surface area contributed by atoms with E-state index >= 15 is 0 Å². The molecule has 7 nitrogen and oxygen atoms in total. The third kappa shape index (κ3) is 5.66. The topological polar surface area (TPSA) is 56.3 Å². The molecule has 0 radical (unpaired) electrons. The Hall–Kier alpha value is -1.18. The molecule has 0 aromatic carbocycles. The van der Waals surface area contributed by atoms with Gasteiger partial charge in [-0.3, -0.25) is 19.4 Å². The Bertz CT molecular complexity index is 471. The van der Waals surface area contributed by atoms with Crippen LogP contribution in [0.4, 0.5) is 0 Å². The van der Waals surface area contributed by atoms with Crippen molar-refractivity contribution < 1.29 is 14.3 Å². The first-order valence-electron chi connectivity index (χ1n) is 10.2. The van der Waals surface area contributed by atoms with Crippen LogP contribution >= 0.6 is 0 Å².